The standard InChI is InChI=1S/C63H56N2O/c1-6-19-50(20-7-2)60-42(3)54(41-59(65-60)49-25-15-10-16-26-49)46-37-35-45(36-38-46)53-28-18-30-56-62(53)66-61-52(27-17-29-55(61)63(56,4)5)44-33-31-43(32-34-44)51-39-57(47-21-11-8-12-22-47)64-58(40-51)48-23-13-9-14-24-48/h6,8-13,15-23,25-42,54H,7,14,24H2,1-5H3/b19-6-,50-20+. The topological polar surface area (TPSA) is 34.5 Å². The minimum absolute atomic E-state index is 0.159. The van der Waals surface area contributed by atoms with Crippen molar-refractivity contribution in [3.63, 3.8) is 0 Å². The van der Waals surface area contributed by atoms with Crippen LogP contribution < -0.4 is 4.74 Å². The maximum atomic E-state index is 7.20. The first-order chi connectivity index (χ1) is 32.3. The fraction of sp³-hybridized carbons (Fsp3) is 0.175. The third-order valence-electron chi connectivity index (χ3n) is 13.6. The first kappa shape index (κ1) is 42.6. The summed E-state index contributed by atoms with van der Waals surface area (Å²) in [5.74, 6) is 2.19. The average Bonchev–Trinajstić information content (AvgIpc) is 3.37. The van der Waals surface area contributed by atoms with Gasteiger partial charge in [0.2, 0.25) is 0 Å². The van der Waals surface area contributed by atoms with Crippen LogP contribution in [0, 0.1) is 5.92 Å². The van der Waals surface area contributed by atoms with Crippen LogP contribution in [-0.2, 0) is 5.41 Å². The first-order valence-corrected chi connectivity index (χ1v) is 23.6. The van der Waals surface area contributed by atoms with Crippen LogP contribution in [0.25, 0.3) is 55.9 Å². The van der Waals surface area contributed by atoms with Gasteiger partial charge in [0.05, 0.1) is 22.8 Å². The molecule has 0 radical (unpaired) electrons. The van der Waals surface area contributed by atoms with Crippen molar-refractivity contribution in [2.24, 2.45) is 10.9 Å². The number of aromatic nitrogens is 1. The van der Waals surface area contributed by atoms with Crippen molar-refractivity contribution >= 4 is 17.0 Å². The molecule has 3 aliphatic rings. The Kier molecular flexibility index (Phi) is 11.8. The molecule has 0 amide bonds. The van der Waals surface area contributed by atoms with Crippen molar-refractivity contribution in [1.29, 1.82) is 0 Å². The van der Waals surface area contributed by atoms with Gasteiger partial charge in [0, 0.05) is 45.1 Å². The molecule has 3 heteroatoms. The zero-order valence-corrected chi connectivity index (χ0v) is 38.6. The minimum Gasteiger partial charge on any atom is -0.455 e. The molecule has 2 aliphatic heterocycles. The molecule has 3 heterocycles. The molecule has 2 unspecified atom stereocenters. The summed E-state index contributed by atoms with van der Waals surface area (Å²) < 4.78 is 7.20. The van der Waals surface area contributed by atoms with Gasteiger partial charge in [-0.25, -0.2) is 4.98 Å². The number of pyridine rings is 1. The van der Waals surface area contributed by atoms with Gasteiger partial charge in [-0.3, -0.25) is 4.99 Å². The van der Waals surface area contributed by atoms with E-state index < -0.39 is 0 Å². The van der Waals surface area contributed by atoms with E-state index in [1.807, 2.05) is 0 Å². The number of allylic oxidation sites excluding steroid dienone is 9. The lowest BCUT2D eigenvalue weighted by atomic mass is 9.73. The van der Waals surface area contributed by atoms with Gasteiger partial charge in [-0.05, 0) is 88.9 Å². The fourth-order valence-corrected chi connectivity index (χ4v) is 10.0. The summed E-state index contributed by atoms with van der Waals surface area (Å²) in [4.78, 5) is 10.5. The van der Waals surface area contributed by atoms with Gasteiger partial charge < -0.3 is 4.74 Å². The quantitative estimate of drug-likeness (QED) is 0.128. The molecule has 6 aromatic carbocycles. The van der Waals surface area contributed by atoms with Crippen molar-refractivity contribution in [1.82, 2.24) is 4.98 Å². The van der Waals surface area contributed by atoms with Crippen LogP contribution in [0.1, 0.15) is 87.7 Å². The molecule has 0 saturated carbocycles. The molecule has 0 fully saturated rings. The molecule has 66 heavy (non-hydrogen) atoms. The van der Waals surface area contributed by atoms with E-state index in [0.29, 0.717) is 0 Å². The second-order valence-corrected chi connectivity index (χ2v) is 18.2. The number of hydrogen-bond donors (Lipinski definition) is 0. The van der Waals surface area contributed by atoms with Gasteiger partial charge in [0.25, 0.3) is 0 Å². The van der Waals surface area contributed by atoms with Crippen molar-refractivity contribution in [3.8, 4) is 56.1 Å². The third kappa shape index (κ3) is 8.15. The molecular formula is C63H56N2O. The number of fused-ring (bicyclic) bond motifs is 2. The Morgan fingerprint density at radius 2 is 1.27 bits per heavy atom. The molecule has 3 nitrogen and oxygen atoms in total. The van der Waals surface area contributed by atoms with E-state index in [1.165, 1.54) is 27.8 Å². The zero-order chi connectivity index (χ0) is 45.2. The highest BCUT2D eigenvalue weighted by molar-refractivity contribution is 6.08. The summed E-state index contributed by atoms with van der Waals surface area (Å²) in [6.07, 6.45) is 18.6. The molecule has 0 N–H and O–H groups in total. The Bertz CT molecular complexity index is 3110. The first-order valence-electron chi connectivity index (χ1n) is 23.6. The maximum Gasteiger partial charge on any atom is 0.139 e. The van der Waals surface area contributed by atoms with Crippen molar-refractivity contribution in [2.75, 3.05) is 0 Å². The van der Waals surface area contributed by atoms with Crippen LogP contribution in [0.15, 0.2) is 211 Å². The molecule has 7 aromatic rings. The predicted molar refractivity (Wildman–Crippen MR) is 278 cm³/mol. The van der Waals surface area contributed by atoms with Gasteiger partial charge >= 0.3 is 0 Å². The molecular weight excluding hydrogens is 801 g/mol. The van der Waals surface area contributed by atoms with E-state index in [0.717, 1.165) is 98.1 Å². The third-order valence-corrected chi connectivity index (χ3v) is 13.6. The Labute approximate surface area is 391 Å². The summed E-state index contributed by atoms with van der Waals surface area (Å²) in [7, 11) is 0. The molecule has 0 spiro atoms. The highest BCUT2D eigenvalue weighted by Crippen LogP contribution is 2.54. The fourth-order valence-electron chi connectivity index (χ4n) is 10.0. The van der Waals surface area contributed by atoms with Crippen LogP contribution in [-0.4, -0.2) is 10.7 Å². The molecule has 10 rings (SSSR count). The number of rotatable bonds is 10. The second-order valence-electron chi connectivity index (χ2n) is 18.2. The van der Waals surface area contributed by atoms with Crippen molar-refractivity contribution in [2.45, 2.75) is 65.2 Å². The SMILES string of the molecule is C/C=C\C(=C/CC)C1=NC(c2ccccc2)=CC(c2ccc(-c3cccc4c3Oc3c(-c5ccc(-c6cc(C7=CC=CCC7)nc(-c7ccccc7)c6)cc5)cccc3C4(C)C)cc2)C1C. The summed E-state index contributed by atoms with van der Waals surface area (Å²) in [6, 6.07) is 56.9. The molecule has 1 aliphatic carbocycles. The van der Waals surface area contributed by atoms with E-state index in [9.17, 15) is 0 Å². The molecule has 0 saturated heterocycles. The van der Waals surface area contributed by atoms with Crippen LogP contribution in [0.2, 0.25) is 0 Å². The number of ether oxygens (including phenoxy) is 1. The van der Waals surface area contributed by atoms with E-state index in [4.69, 9.17) is 14.7 Å². The number of hydrogen-bond acceptors (Lipinski definition) is 3. The van der Waals surface area contributed by atoms with Gasteiger partial charge in [-0.1, -0.05) is 210 Å². The van der Waals surface area contributed by atoms with Crippen molar-refractivity contribution in [3.05, 3.63) is 234 Å². The number of aliphatic imine (C=N–C) groups is 1. The zero-order valence-electron chi connectivity index (χ0n) is 38.6. The lowest BCUT2D eigenvalue weighted by Crippen LogP contribution is -2.25. The predicted octanol–water partition coefficient (Wildman–Crippen LogP) is 17.0. The largest absolute Gasteiger partial charge is 0.455 e. The Balaban J connectivity index is 0.981. The highest BCUT2D eigenvalue weighted by atomic mass is 16.5. The Morgan fingerprint density at radius 3 is 1.88 bits per heavy atom. The van der Waals surface area contributed by atoms with E-state index >= 15 is 0 Å². The number of para-hydroxylation sites is 2. The smallest absolute Gasteiger partial charge is 0.139 e. The minimum atomic E-state index is -0.290. The summed E-state index contributed by atoms with van der Waals surface area (Å²) in [6.45, 7) is 11.2. The maximum absolute atomic E-state index is 7.20. The Hall–Kier alpha value is -7.36. The van der Waals surface area contributed by atoms with Gasteiger partial charge in [-0.2, -0.15) is 0 Å². The van der Waals surface area contributed by atoms with E-state index in [-0.39, 0.29) is 17.3 Å². The van der Waals surface area contributed by atoms with E-state index in [2.05, 4.69) is 235 Å². The van der Waals surface area contributed by atoms with Crippen LogP contribution in [0.4, 0.5) is 0 Å². The van der Waals surface area contributed by atoms with Gasteiger partial charge in [-0.15, -0.1) is 0 Å². The second kappa shape index (κ2) is 18.3. The summed E-state index contributed by atoms with van der Waals surface area (Å²) in [5.41, 5.74) is 19.0. The van der Waals surface area contributed by atoms with Gasteiger partial charge in [0.15, 0.2) is 0 Å². The lowest BCUT2D eigenvalue weighted by Gasteiger charge is -2.36. The molecule has 2 atom stereocenters. The number of nitrogens with zero attached hydrogens (tertiary/aromatic N) is 2. The summed E-state index contributed by atoms with van der Waals surface area (Å²) >= 11 is 0. The van der Waals surface area contributed by atoms with Crippen LogP contribution in [0.5, 0.6) is 11.5 Å². The molecule has 0 bridgehead atoms. The monoisotopic (exact) mass is 856 g/mol. The van der Waals surface area contributed by atoms with E-state index in [1.54, 1.807) is 0 Å². The Morgan fingerprint density at radius 1 is 0.667 bits per heavy atom. The van der Waals surface area contributed by atoms with Crippen LogP contribution in [0.3, 0.4) is 0 Å². The van der Waals surface area contributed by atoms with Crippen molar-refractivity contribution < 1.29 is 4.74 Å². The molecule has 324 valence electrons. The normalized spacial score (nSPS) is 17.6. The van der Waals surface area contributed by atoms with Gasteiger partial charge in [0.1, 0.15) is 11.5 Å². The summed E-state index contributed by atoms with van der Waals surface area (Å²) in [5, 5.41) is 0. The molecule has 1 aromatic heterocycles. The highest BCUT2D eigenvalue weighted by Gasteiger charge is 2.37. The lowest BCUT2D eigenvalue weighted by molar-refractivity contribution is 0.421. The average molecular weight is 857 g/mol. The van der Waals surface area contributed by atoms with Crippen LogP contribution >= 0.6 is 0 Å². The number of benzene rings is 6.